The number of nitrogens with zero attached hydrogens (tertiary/aromatic N) is 3. The summed E-state index contributed by atoms with van der Waals surface area (Å²) in [7, 11) is -7.37. The normalized spacial score (nSPS) is 14.7. The van der Waals surface area contributed by atoms with Gasteiger partial charge in [0.05, 0.1) is 33.7 Å². The van der Waals surface area contributed by atoms with Gasteiger partial charge in [0.25, 0.3) is 0 Å². The average Bonchev–Trinajstić information content (AvgIpc) is 2.93. The third-order valence-electron chi connectivity index (χ3n) is 7.18. The Labute approximate surface area is 239 Å². The molecule has 216 valence electrons. The van der Waals surface area contributed by atoms with Crippen molar-refractivity contribution in [3.63, 3.8) is 0 Å². The first-order chi connectivity index (χ1) is 19.5. The molecule has 1 saturated carbocycles. The lowest BCUT2D eigenvalue weighted by molar-refractivity contribution is 0.461. The number of fused-ring (bicyclic) bond motifs is 1. The summed E-state index contributed by atoms with van der Waals surface area (Å²) in [5, 5.41) is 3.45. The number of hydrogen-bond donors (Lipinski definition) is 2. The number of benzene rings is 2. The van der Waals surface area contributed by atoms with Crippen LogP contribution >= 0.6 is 0 Å². The van der Waals surface area contributed by atoms with E-state index in [9.17, 15) is 16.8 Å². The molecule has 0 atom stereocenters. The fraction of sp³-hybridized carbons (Fsp3) is 0.345. The van der Waals surface area contributed by atoms with E-state index in [0.29, 0.717) is 40.7 Å². The maximum atomic E-state index is 15.1. The van der Waals surface area contributed by atoms with Crippen molar-refractivity contribution in [1.29, 1.82) is 0 Å². The van der Waals surface area contributed by atoms with Crippen molar-refractivity contribution in [3.05, 3.63) is 71.7 Å². The van der Waals surface area contributed by atoms with Crippen molar-refractivity contribution in [2.45, 2.75) is 62.1 Å². The van der Waals surface area contributed by atoms with E-state index in [1.54, 1.807) is 12.3 Å². The maximum Gasteiger partial charge on any atom is 0.237 e. The first-order valence-electron chi connectivity index (χ1n) is 13.5. The number of rotatable bonds is 9. The molecule has 0 aliphatic heterocycles. The summed E-state index contributed by atoms with van der Waals surface area (Å²) in [6, 6.07) is 12.0. The first-order valence-corrected chi connectivity index (χ1v) is 17.1. The van der Waals surface area contributed by atoms with Crippen LogP contribution in [0, 0.1) is 5.82 Å². The number of sulfonamides is 1. The summed E-state index contributed by atoms with van der Waals surface area (Å²) >= 11 is 0. The fourth-order valence-corrected chi connectivity index (χ4v) is 6.85. The van der Waals surface area contributed by atoms with Gasteiger partial charge in [0.15, 0.2) is 9.84 Å². The molecule has 5 rings (SSSR count). The molecule has 1 fully saturated rings. The minimum absolute atomic E-state index is 0.0879. The zero-order valence-electron chi connectivity index (χ0n) is 22.9. The van der Waals surface area contributed by atoms with Crippen LogP contribution in [0.15, 0.2) is 59.6 Å². The number of aromatic nitrogens is 3. The molecule has 4 aromatic rings. The smallest absolute Gasteiger partial charge is 0.237 e. The number of halogens is 1. The van der Waals surface area contributed by atoms with Crippen LogP contribution in [0.5, 0.6) is 0 Å². The van der Waals surface area contributed by atoms with Crippen LogP contribution in [-0.2, 0) is 32.0 Å². The highest BCUT2D eigenvalue weighted by Crippen LogP contribution is 2.29. The van der Waals surface area contributed by atoms with Crippen molar-refractivity contribution in [1.82, 2.24) is 15.0 Å². The number of hydrogen-bond acceptors (Lipinski definition) is 8. The summed E-state index contributed by atoms with van der Waals surface area (Å²) < 4.78 is 66.1. The van der Waals surface area contributed by atoms with Gasteiger partial charge in [-0.1, -0.05) is 44.4 Å². The van der Waals surface area contributed by atoms with E-state index in [1.165, 1.54) is 55.7 Å². The Kier molecular flexibility index (Phi) is 8.23. The molecule has 0 radical (unpaired) electrons. The molecule has 9 nitrogen and oxygen atoms in total. The van der Waals surface area contributed by atoms with E-state index < -0.39 is 31.4 Å². The van der Waals surface area contributed by atoms with Crippen molar-refractivity contribution >= 4 is 42.5 Å². The minimum Gasteiger partial charge on any atom is -0.351 e. The summed E-state index contributed by atoms with van der Waals surface area (Å²) in [4.78, 5) is 14.0. The highest BCUT2D eigenvalue weighted by atomic mass is 32.2. The summed E-state index contributed by atoms with van der Waals surface area (Å²) in [6.45, 7) is 2.02. The molecule has 2 heterocycles. The van der Waals surface area contributed by atoms with Gasteiger partial charge in [-0.2, -0.15) is 0 Å². The maximum absolute atomic E-state index is 15.1. The summed E-state index contributed by atoms with van der Waals surface area (Å²) in [5.74, 6) is -0.605. The third kappa shape index (κ3) is 6.99. The molecule has 12 heteroatoms. The van der Waals surface area contributed by atoms with E-state index in [-0.39, 0.29) is 10.6 Å². The molecular weight excluding hydrogens is 565 g/mol. The highest BCUT2D eigenvalue weighted by Gasteiger charge is 2.18. The van der Waals surface area contributed by atoms with E-state index in [4.69, 9.17) is 4.98 Å². The molecule has 0 saturated heterocycles. The van der Waals surface area contributed by atoms with Crippen molar-refractivity contribution in [2.24, 2.45) is 0 Å². The predicted octanol–water partition coefficient (Wildman–Crippen LogP) is 5.48. The van der Waals surface area contributed by atoms with Crippen LogP contribution in [0.4, 0.5) is 16.0 Å². The number of nitrogens with one attached hydrogen (secondary N) is 2. The van der Waals surface area contributed by atoms with Gasteiger partial charge in [0.1, 0.15) is 11.3 Å². The Morgan fingerprint density at radius 1 is 0.951 bits per heavy atom. The van der Waals surface area contributed by atoms with Crippen LogP contribution in [-0.4, -0.2) is 44.1 Å². The summed E-state index contributed by atoms with van der Waals surface area (Å²) in [6.07, 6.45) is 9.32. The van der Waals surface area contributed by atoms with Crippen molar-refractivity contribution in [3.8, 4) is 11.3 Å². The quantitative estimate of drug-likeness (QED) is 0.259. The van der Waals surface area contributed by atoms with Crippen molar-refractivity contribution < 1.29 is 21.2 Å². The Morgan fingerprint density at radius 2 is 1.68 bits per heavy atom. The molecule has 41 heavy (non-hydrogen) atoms. The van der Waals surface area contributed by atoms with E-state index in [0.717, 1.165) is 30.2 Å². The lowest BCUT2D eigenvalue weighted by atomic mass is 9.96. The van der Waals surface area contributed by atoms with Crippen LogP contribution < -0.4 is 10.0 Å². The van der Waals surface area contributed by atoms with Gasteiger partial charge in [-0.3, -0.25) is 4.72 Å². The Morgan fingerprint density at radius 3 is 2.34 bits per heavy atom. The van der Waals surface area contributed by atoms with Gasteiger partial charge in [-0.05, 0) is 60.7 Å². The molecule has 0 spiro atoms. The number of anilines is 2. The zero-order valence-corrected chi connectivity index (χ0v) is 24.5. The molecule has 1 aliphatic carbocycles. The summed E-state index contributed by atoms with van der Waals surface area (Å²) in [5.41, 5.74) is 3.49. The number of aryl methyl sites for hydroxylation is 1. The predicted molar refractivity (Wildman–Crippen MR) is 158 cm³/mol. The highest BCUT2D eigenvalue weighted by molar-refractivity contribution is 7.92. The van der Waals surface area contributed by atoms with E-state index in [1.807, 2.05) is 13.0 Å². The third-order valence-corrected chi connectivity index (χ3v) is 9.56. The van der Waals surface area contributed by atoms with Crippen LogP contribution in [0.1, 0.15) is 50.2 Å². The van der Waals surface area contributed by atoms with Crippen LogP contribution in [0.3, 0.4) is 0 Å². The van der Waals surface area contributed by atoms with Crippen LogP contribution in [0.2, 0.25) is 0 Å². The average molecular weight is 598 g/mol. The molecule has 1 aliphatic rings. The van der Waals surface area contributed by atoms with E-state index in [2.05, 4.69) is 20.0 Å². The van der Waals surface area contributed by atoms with Gasteiger partial charge < -0.3 is 5.32 Å². The SMILES string of the molecule is CCc1cc(-c2ccc(NS(=O)(=O)Cc3ccc(S(C)(=O)=O)cc3)c(F)c2)nc2cnc(NC3CCCCC3)nc12. The van der Waals surface area contributed by atoms with Gasteiger partial charge in [0.2, 0.25) is 16.0 Å². The topological polar surface area (TPSA) is 131 Å². The standard InChI is InChI=1S/C29H32FN5O4S2/c1-3-20-16-26(33-27-17-31-29(34-28(20)27)32-22-7-5-4-6-8-22)21-11-14-25(24(30)15-21)35-41(38,39)18-19-9-12-23(13-10-19)40(2,36)37/h9-17,22,35H,3-8,18H2,1-2H3,(H,31,32,34). The second-order valence-corrected chi connectivity index (χ2v) is 14.1. The Hall–Kier alpha value is -3.64. The van der Waals surface area contributed by atoms with Gasteiger partial charge in [-0.15, -0.1) is 0 Å². The fourth-order valence-electron chi connectivity index (χ4n) is 5.02. The molecule has 0 bridgehead atoms. The van der Waals surface area contributed by atoms with Crippen LogP contribution in [0.25, 0.3) is 22.3 Å². The second-order valence-electron chi connectivity index (χ2n) is 10.4. The minimum atomic E-state index is -3.97. The van der Waals surface area contributed by atoms with Gasteiger partial charge in [0, 0.05) is 17.9 Å². The molecule has 2 aromatic heterocycles. The Balaban J connectivity index is 1.34. The lowest BCUT2D eigenvalue weighted by Gasteiger charge is -2.22. The molecule has 2 aromatic carbocycles. The van der Waals surface area contributed by atoms with E-state index >= 15 is 4.39 Å². The number of sulfone groups is 1. The molecule has 0 amide bonds. The first kappa shape index (κ1) is 28.9. The second kappa shape index (κ2) is 11.7. The molecular formula is C29H32FN5O4S2. The largest absolute Gasteiger partial charge is 0.351 e. The van der Waals surface area contributed by atoms with Gasteiger partial charge >= 0.3 is 0 Å². The number of pyridine rings is 1. The zero-order chi connectivity index (χ0) is 29.2. The molecule has 2 N–H and O–H groups in total. The molecule has 0 unspecified atom stereocenters. The van der Waals surface area contributed by atoms with Gasteiger partial charge in [-0.25, -0.2) is 36.2 Å². The lowest BCUT2D eigenvalue weighted by Crippen LogP contribution is -2.23. The monoisotopic (exact) mass is 597 g/mol. The van der Waals surface area contributed by atoms with Crippen molar-refractivity contribution in [2.75, 3.05) is 16.3 Å². The Bertz CT molecular complexity index is 1790.